The van der Waals surface area contributed by atoms with Gasteiger partial charge in [0.25, 0.3) is 0 Å². The quantitative estimate of drug-likeness (QED) is 0.384. The van der Waals surface area contributed by atoms with Crippen LogP contribution in [-0.2, 0) is 0 Å². The van der Waals surface area contributed by atoms with Gasteiger partial charge in [-0.1, -0.05) is 17.7 Å². The maximum Gasteiger partial charge on any atom is 0.121 e. The van der Waals surface area contributed by atoms with Gasteiger partial charge in [0.2, 0.25) is 0 Å². The highest BCUT2D eigenvalue weighted by Crippen LogP contribution is 2.23. The molecule has 25 heavy (non-hydrogen) atoms. The highest BCUT2D eigenvalue weighted by Gasteiger charge is 2.09. The first-order valence-electron chi connectivity index (χ1n) is 8.06. The number of ether oxygens (including phenoxy) is 1. The van der Waals surface area contributed by atoms with E-state index in [2.05, 4.69) is 15.5 Å². The molecule has 1 atom stereocenters. The number of aliphatic hydroxyl groups excluding tert-OH is 1. The molecule has 0 aliphatic rings. The van der Waals surface area contributed by atoms with Crippen molar-refractivity contribution in [2.45, 2.75) is 13.0 Å². The van der Waals surface area contributed by atoms with Crippen molar-refractivity contribution < 1.29 is 9.84 Å². The number of H-pyrrole nitrogens is 1. The minimum Gasteiger partial charge on any atom is -0.492 e. The minimum absolute atomic E-state index is 0.405. The zero-order valence-corrected chi connectivity index (χ0v) is 14.7. The van der Waals surface area contributed by atoms with Crippen molar-refractivity contribution in [2.75, 3.05) is 25.4 Å². The molecule has 1 aromatic heterocycles. The number of aliphatic hydroxyl groups is 1. The summed E-state index contributed by atoms with van der Waals surface area (Å²) < 4.78 is 5.71. The van der Waals surface area contributed by atoms with Gasteiger partial charge in [-0.3, -0.25) is 5.10 Å². The van der Waals surface area contributed by atoms with E-state index in [1.165, 1.54) is 0 Å². The van der Waals surface area contributed by atoms with Crippen LogP contribution in [0.3, 0.4) is 0 Å². The molecule has 0 saturated carbocycles. The van der Waals surface area contributed by atoms with E-state index in [0.29, 0.717) is 30.4 Å². The fourth-order valence-corrected chi connectivity index (χ4v) is 2.70. The fourth-order valence-electron chi connectivity index (χ4n) is 2.58. The third-order valence-electron chi connectivity index (χ3n) is 4.01. The van der Waals surface area contributed by atoms with Crippen LogP contribution in [0.25, 0.3) is 10.9 Å². The second-order valence-electron chi connectivity index (χ2n) is 5.88. The summed E-state index contributed by atoms with van der Waals surface area (Å²) in [7, 11) is 0. The number of nitrogens with zero attached hydrogens (tertiary/aromatic N) is 1. The van der Waals surface area contributed by atoms with Crippen LogP contribution in [0.15, 0.2) is 36.4 Å². The molecular formula is C18H21ClN4O2. The first-order valence-corrected chi connectivity index (χ1v) is 8.43. The summed E-state index contributed by atoms with van der Waals surface area (Å²) >= 11 is 5.88. The smallest absolute Gasteiger partial charge is 0.121 e. The number of aromatic nitrogens is 2. The van der Waals surface area contributed by atoms with Gasteiger partial charge >= 0.3 is 0 Å². The number of anilines is 1. The molecule has 0 aliphatic carbocycles. The Bertz CT molecular complexity index is 865. The SMILES string of the molecule is Cc1[nH]nc2cc(OCCNC[C@H](O)c3ccc(Cl)c(N)c3)ccc12. The molecule has 7 heteroatoms. The molecule has 0 fully saturated rings. The average Bonchev–Trinajstić information content (AvgIpc) is 2.97. The largest absolute Gasteiger partial charge is 0.492 e. The van der Waals surface area contributed by atoms with E-state index in [-0.39, 0.29) is 0 Å². The highest BCUT2D eigenvalue weighted by atomic mass is 35.5. The Labute approximate surface area is 150 Å². The third kappa shape index (κ3) is 4.22. The number of nitrogens with one attached hydrogen (secondary N) is 2. The first-order chi connectivity index (χ1) is 12.0. The summed E-state index contributed by atoms with van der Waals surface area (Å²) in [5, 5.41) is 22.1. The second-order valence-corrected chi connectivity index (χ2v) is 6.28. The molecule has 3 aromatic rings. The van der Waals surface area contributed by atoms with E-state index < -0.39 is 6.10 Å². The minimum atomic E-state index is -0.650. The molecule has 0 saturated heterocycles. The van der Waals surface area contributed by atoms with Crippen LogP contribution >= 0.6 is 11.6 Å². The number of nitrogens with two attached hydrogens (primary N) is 1. The van der Waals surface area contributed by atoms with Gasteiger partial charge < -0.3 is 20.9 Å². The van der Waals surface area contributed by atoms with Crippen molar-refractivity contribution in [3.63, 3.8) is 0 Å². The van der Waals surface area contributed by atoms with E-state index in [9.17, 15) is 5.11 Å². The molecule has 0 bridgehead atoms. The van der Waals surface area contributed by atoms with Crippen molar-refractivity contribution in [3.8, 4) is 5.75 Å². The van der Waals surface area contributed by atoms with E-state index in [1.807, 2.05) is 25.1 Å². The van der Waals surface area contributed by atoms with E-state index in [1.54, 1.807) is 18.2 Å². The molecule has 2 aromatic carbocycles. The zero-order valence-electron chi connectivity index (χ0n) is 13.9. The van der Waals surface area contributed by atoms with Crippen molar-refractivity contribution in [1.29, 1.82) is 0 Å². The van der Waals surface area contributed by atoms with Gasteiger partial charge in [-0.2, -0.15) is 5.10 Å². The molecule has 0 spiro atoms. The lowest BCUT2D eigenvalue weighted by atomic mass is 10.1. The molecule has 0 unspecified atom stereocenters. The van der Waals surface area contributed by atoms with Crippen LogP contribution < -0.4 is 15.8 Å². The number of halogens is 1. The molecule has 132 valence electrons. The van der Waals surface area contributed by atoms with Crippen molar-refractivity contribution in [3.05, 3.63) is 52.7 Å². The third-order valence-corrected chi connectivity index (χ3v) is 4.35. The normalized spacial score (nSPS) is 12.4. The molecule has 3 rings (SSSR count). The Hall–Kier alpha value is -2.28. The number of nitrogen functional groups attached to an aromatic ring is 1. The van der Waals surface area contributed by atoms with Gasteiger partial charge in [0.15, 0.2) is 0 Å². The molecular weight excluding hydrogens is 340 g/mol. The number of aromatic amines is 1. The van der Waals surface area contributed by atoms with E-state index >= 15 is 0 Å². The zero-order chi connectivity index (χ0) is 17.8. The molecule has 6 nitrogen and oxygen atoms in total. The lowest BCUT2D eigenvalue weighted by molar-refractivity contribution is 0.172. The maximum absolute atomic E-state index is 10.2. The molecule has 5 N–H and O–H groups in total. The van der Waals surface area contributed by atoms with Crippen molar-refractivity contribution in [1.82, 2.24) is 15.5 Å². The van der Waals surface area contributed by atoms with Crippen LogP contribution in [0.1, 0.15) is 17.4 Å². The van der Waals surface area contributed by atoms with Crippen LogP contribution in [-0.4, -0.2) is 35.0 Å². The van der Waals surface area contributed by atoms with Crippen LogP contribution in [0.2, 0.25) is 5.02 Å². The summed E-state index contributed by atoms with van der Waals surface area (Å²) in [5.41, 5.74) is 8.87. The predicted molar refractivity (Wildman–Crippen MR) is 100 cm³/mol. The van der Waals surface area contributed by atoms with Crippen molar-refractivity contribution >= 4 is 28.2 Å². The Morgan fingerprint density at radius 2 is 2.16 bits per heavy atom. The number of benzene rings is 2. The molecule has 0 radical (unpaired) electrons. The Morgan fingerprint density at radius 1 is 1.32 bits per heavy atom. The Morgan fingerprint density at radius 3 is 2.96 bits per heavy atom. The summed E-state index contributed by atoms with van der Waals surface area (Å²) in [6.07, 6.45) is -0.650. The molecule has 0 aliphatic heterocycles. The number of rotatable bonds is 7. The van der Waals surface area contributed by atoms with Crippen LogP contribution in [0, 0.1) is 6.92 Å². The maximum atomic E-state index is 10.2. The first kappa shape index (κ1) is 17.5. The molecule has 1 heterocycles. The standard InChI is InChI=1S/C18H21ClN4O2/c1-11-14-4-3-13(9-17(14)23-22-11)25-7-6-21-10-18(24)12-2-5-15(19)16(20)8-12/h2-5,8-9,18,21,24H,6-7,10,20H2,1H3,(H,22,23)/t18-/m0/s1. The predicted octanol–water partition coefficient (Wildman–Crippen LogP) is 2.81. The van der Waals surface area contributed by atoms with Gasteiger partial charge in [0, 0.05) is 30.2 Å². The topological polar surface area (TPSA) is 96.2 Å². The van der Waals surface area contributed by atoms with E-state index in [4.69, 9.17) is 22.1 Å². The van der Waals surface area contributed by atoms with Gasteiger partial charge in [0.05, 0.1) is 22.3 Å². The van der Waals surface area contributed by atoms with Crippen LogP contribution in [0.5, 0.6) is 5.75 Å². The number of hydrogen-bond acceptors (Lipinski definition) is 5. The average molecular weight is 361 g/mol. The van der Waals surface area contributed by atoms with E-state index in [0.717, 1.165) is 27.9 Å². The van der Waals surface area contributed by atoms with Gasteiger partial charge in [0.1, 0.15) is 12.4 Å². The summed E-state index contributed by atoms with van der Waals surface area (Å²) in [6.45, 7) is 3.49. The number of fused-ring (bicyclic) bond motifs is 1. The highest BCUT2D eigenvalue weighted by molar-refractivity contribution is 6.33. The lowest BCUT2D eigenvalue weighted by Crippen LogP contribution is -2.26. The van der Waals surface area contributed by atoms with Gasteiger partial charge in [-0.15, -0.1) is 0 Å². The summed E-state index contributed by atoms with van der Waals surface area (Å²) in [6, 6.07) is 11.0. The summed E-state index contributed by atoms with van der Waals surface area (Å²) in [4.78, 5) is 0. The summed E-state index contributed by atoms with van der Waals surface area (Å²) in [5.74, 6) is 0.770. The number of hydrogen-bond donors (Lipinski definition) is 4. The Kier molecular flexibility index (Phi) is 5.43. The van der Waals surface area contributed by atoms with Gasteiger partial charge in [-0.05, 0) is 36.8 Å². The van der Waals surface area contributed by atoms with Crippen molar-refractivity contribution in [2.24, 2.45) is 0 Å². The lowest BCUT2D eigenvalue weighted by Gasteiger charge is -2.13. The number of aryl methyl sites for hydroxylation is 1. The molecule has 0 amide bonds. The van der Waals surface area contributed by atoms with Gasteiger partial charge in [-0.25, -0.2) is 0 Å². The van der Waals surface area contributed by atoms with Crippen LogP contribution in [0.4, 0.5) is 5.69 Å². The monoisotopic (exact) mass is 360 g/mol. The second kappa shape index (κ2) is 7.74. The fraction of sp³-hybridized carbons (Fsp3) is 0.278. The Balaban J connectivity index is 1.43.